The van der Waals surface area contributed by atoms with Gasteiger partial charge in [0.15, 0.2) is 6.61 Å². The predicted molar refractivity (Wildman–Crippen MR) is 78.5 cm³/mol. The third kappa shape index (κ3) is 5.54. The SMILES string of the molecule is Cc1ccc(OCC(=O)N(CCC#N)CCC#N)cc1C. The zero-order valence-corrected chi connectivity index (χ0v) is 12.4. The van der Waals surface area contributed by atoms with Gasteiger partial charge >= 0.3 is 0 Å². The lowest BCUT2D eigenvalue weighted by Crippen LogP contribution is -2.36. The largest absolute Gasteiger partial charge is 0.484 e. The zero-order chi connectivity index (χ0) is 15.7. The molecule has 0 saturated carbocycles. The lowest BCUT2D eigenvalue weighted by Gasteiger charge is -2.20. The van der Waals surface area contributed by atoms with Crippen molar-refractivity contribution >= 4 is 5.91 Å². The predicted octanol–water partition coefficient (Wildman–Crippen LogP) is 2.34. The van der Waals surface area contributed by atoms with Crippen LogP contribution in [0.2, 0.25) is 0 Å². The maximum atomic E-state index is 12.1. The third-order valence-corrected chi connectivity index (χ3v) is 3.18. The van der Waals surface area contributed by atoms with Gasteiger partial charge in [-0.1, -0.05) is 6.07 Å². The molecule has 0 atom stereocenters. The lowest BCUT2D eigenvalue weighted by atomic mass is 10.1. The lowest BCUT2D eigenvalue weighted by molar-refractivity contribution is -0.133. The molecule has 21 heavy (non-hydrogen) atoms. The van der Waals surface area contributed by atoms with Gasteiger partial charge in [-0.05, 0) is 37.1 Å². The molecule has 1 rings (SSSR count). The molecule has 1 aromatic carbocycles. The van der Waals surface area contributed by atoms with Crippen molar-refractivity contribution in [3.8, 4) is 17.9 Å². The van der Waals surface area contributed by atoms with E-state index < -0.39 is 0 Å². The molecule has 0 aromatic heterocycles. The van der Waals surface area contributed by atoms with Crippen LogP contribution in [0.5, 0.6) is 5.75 Å². The highest BCUT2D eigenvalue weighted by Crippen LogP contribution is 2.16. The van der Waals surface area contributed by atoms with Crippen LogP contribution in [0.25, 0.3) is 0 Å². The summed E-state index contributed by atoms with van der Waals surface area (Å²) < 4.78 is 5.49. The third-order valence-electron chi connectivity index (χ3n) is 3.18. The first-order valence-electron chi connectivity index (χ1n) is 6.80. The van der Waals surface area contributed by atoms with E-state index in [1.165, 1.54) is 10.5 Å². The Morgan fingerprint density at radius 3 is 2.29 bits per heavy atom. The summed E-state index contributed by atoms with van der Waals surface area (Å²) in [5, 5.41) is 17.2. The van der Waals surface area contributed by atoms with Crippen LogP contribution in [0, 0.1) is 36.5 Å². The van der Waals surface area contributed by atoms with Gasteiger partial charge in [0.1, 0.15) is 5.75 Å². The average molecular weight is 285 g/mol. The highest BCUT2D eigenvalue weighted by Gasteiger charge is 2.13. The van der Waals surface area contributed by atoms with E-state index in [1.54, 1.807) is 0 Å². The minimum absolute atomic E-state index is 0.0840. The molecule has 0 radical (unpaired) electrons. The molecule has 0 fully saturated rings. The molecule has 5 nitrogen and oxygen atoms in total. The summed E-state index contributed by atoms with van der Waals surface area (Å²) >= 11 is 0. The standard InChI is InChI=1S/C16H19N3O2/c1-13-5-6-15(11-14(13)2)21-12-16(20)19(9-3-7-17)10-4-8-18/h5-6,11H,3-4,9-10,12H2,1-2H3. The summed E-state index contributed by atoms with van der Waals surface area (Å²) in [6.07, 6.45) is 0.502. The van der Waals surface area contributed by atoms with Crippen molar-refractivity contribution in [2.24, 2.45) is 0 Å². The summed E-state index contributed by atoms with van der Waals surface area (Å²) in [4.78, 5) is 13.6. The molecule has 5 heteroatoms. The Morgan fingerprint density at radius 2 is 1.76 bits per heavy atom. The second-order valence-electron chi connectivity index (χ2n) is 4.73. The molecule has 1 aromatic rings. The Kier molecular flexibility index (Phi) is 6.77. The summed E-state index contributed by atoms with van der Waals surface area (Å²) in [6, 6.07) is 9.65. The van der Waals surface area contributed by atoms with E-state index in [9.17, 15) is 4.79 Å². The van der Waals surface area contributed by atoms with Gasteiger partial charge in [-0.25, -0.2) is 0 Å². The fraction of sp³-hybridized carbons (Fsp3) is 0.438. The molecule has 0 unspecified atom stereocenters. The Balaban J connectivity index is 2.57. The fourth-order valence-corrected chi connectivity index (χ4v) is 1.77. The molecule has 0 N–H and O–H groups in total. The molecular weight excluding hydrogens is 266 g/mol. The molecule has 0 aliphatic rings. The Labute approximate surface area is 125 Å². The number of hydrogen-bond donors (Lipinski definition) is 0. The van der Waals surface area contributed by atoms with Crippen LogP contribution in [0.1, 0.15) is 24.0 Å². The average Bonchev–Trinajstić information content (AvgIpc) is 2.48. The molecule has 0 aliphatic heterocycles. The second-order valence-corrected chi connectivity index (χ2v) is 4.73. The van der Waals surface area contributed by atoms with Crippen LogP contribution >= 0.6 is 0 Å². The number of amides is 1. The first-order chi connectivity index (χ1) is 10.1. The molecule has 0 saturated heterocycles. The molecule has 0 spiro atoms. The van der Waals surface area contributed by atoms with Crippen LogP contribution in [0.4, 0.5) is 0 Å². The highest BCUT2D eigenvalue weighted by molar-refractivity contribution is 5.77. The van der Waals surface area contributed by atoms with Crippen LogP contribution in [-0.2, 0) is 4.79 Å². The Morgan fingerprint density at radius 1 is 1.14 bits per heavy atom. The summed E-state index contributed by atoms with van der Waals surface area (Å²) in [7, 11) is 0. The molecule has 0 heterocycles. The highest BCUT2D eigenvalue weighted by atomic mass is 16.5. The minimum Gasteiger partial charge on any atom is -0.484 e. The van der Waals surface area contributed by atoms with Crippen LogP contribution < -0.4 is 4.74 Å². The summed E-state index contributed by atoms with van der Waals surface area (Å²) in [6.45, 7) is 4.56. The van der Waals surface area contributed by atoms with E-state index in [2.05, 4.69) is 0 Å². The molecule has 0 bridgehead atoms. The number of aryl methyl sites for hydroxylation is 2. The van der Waals surface area contributed by atoms with Crippen molar-refractivity contribution in [2.75, 3.05) is 19.7 Å². The van der Waals surface area contributed by atoms with Crippen molar-refractivity contribution < 1.29 is 9.53 Å². The van der Waals surface area contributed by atoms with E-state index in [-0.39, 0.29) is 25.4 Å². The van der Waals surface area contributed by atoms with Gasteiger partial charge in [-0.3, -0.25) is 4.79 Å². The van der Waals surface area contributed by atoms with E-state index in [1.807, 2.05) is 44.2 Å². The first kappa shape index (κ1) is 16.5. The number of nitriles is 2. The van der Waals surface area contributed by atoms with Gasteiger partial charge in [0, 0.05) is 13.1 Å². The topological polar surface area (TPSA) is 77.1 Å². The maximum absolute atomic E-state index is 12.1. The van der Waals surface area contributed by atoms with Gasteiger partial charge in [-0.2, -0.15) is 10.5 Å². The Bertz CT molecular complexity index is 552. The van der Waals surface area contributed by atoms with Gasteiger partial charge in [-0.15, -0.1) is 0 Å². The molecule has 110 valence electrons. The number of carbonyl (C=O) groups is 1. The minimum atomic E-state index is -0.210. The van der Waals surface area contributed by atoms with Gasteiger partial charge < -0.3 is 9.64 Å². The zero-order valence-electron chi connectivity index (χ0n) is 12.4. The van der Waals surface area contributed by atoms with Gasteiger partial charge in [0.25, 0.3) is 5.91 Å². The normalized spacial score (nSPS) is 9.52. The van der Waals surface area contributed by atoms with Crippen LogP contribution in [0.15, 0.2) is 18.2 Å². The maximum Gasteiger partial charge on any atom is 0.260 e. The molecular formula is C16H19N3O2. The first-order valence-corrected chi connectivity index (χ1v) is 6.80. The number of ether oxygens (including phenoxy) is 1. The molecule has 0 aliphatic carbocycles. The van der Waals surface area contributed by atoms with E-state index in [0.717, 1.165) is 5.56 Å². The van der Waals surface area contributed by atoms with Crippen molar-refractivity contribution in [1.82, 2.24) is 4.90 Å². The smallest absolute Gasteiger partial charge is 0.260 e. The second kappa shape index (κ2) is 8.60. The number of nitrogens with zero attached hydrogens (tertiary/aromatic N) is 3. The van der Waals surface area contributed by atoms with Crippen LogP contribution in [0.3, 0.4) is 0 Å². The molecule has 1 amide bonds. The number of benzene rings is 1. The number of rotatable bonds is 7. The van der Waals surface area contributed by atoms with E-state index in [4.69, 9.17) is 15.3 Å². The van der Waals surface area contributed by atoms with Crippen LogP contribution in [-0.4, -0.2) is 30.5 Å². The van der Waals surface area contributed by atoms with Crippen molar-refractivity contribution in [3.05, 3.63) is 29.3 Å². The van der Waals surface area contributed by atoms with E-state index >= 15 is 0 Å². The Hall–Kier alpha value is -2.53. The number of carbonyl (C=O) groups excluding carboxylic acids is 1. The quantitative estimate of drug-likeness (QED) is 0.770. The van der Waals surface area contributed by atoms with Crippen molar-refractivity contribution in [1.29, 1.82) is 10.5 Å². The number of hydrogen-bond acceptors (Lipinski definition) is 4. The van der Waals surface area contributed by atoms with Gasteiger partial charge in [0.2, 0.25) is 0 Å². The van der Waals surface area contributed by atoms with Crippen molar-refractivity contribution in [3.63, 3.8) is 0 Å². The van der Waals surface area contributed by atoms with E-state index in [0.29, 0.717) is 18.8 Å². The summed E-state index contributed by atoms with van der Waals surface area (Å²) in [5.74, 6) is 0.436. The van der Waals surface area contributed by atoms with Crippen molar-refractivity contribution in [2.45, 2.75) is 26.7 Å². The summed E-state index contributed by atoms with van der Waals surface area (Å²) in [5.41, 5.74) is 2.27. The monoisotopic (exact) mass is 285 g/mol. The fourth-order valence-electron chi connectivity index (χ4n) is 1.77. The van der Waals surface area contributed by atoms with Gasteiger partial charge in [0.05, 0.1) is 25.0 Å².